The average Bonchev–Trinajstić information content (AvgIpc) is 3.17. The molecule has 0 spiro atoms. The molecule has 2 atom stereocenters. The summed E-state index contributed by atoms with van der Waals surface area (Å²) < 4.78 is 49.7. The lowest BCUT2D eigenvalue weighted by Gasteiger charge is -2.19. The molecule has 1 saturated heterocycles. The fourth-order valence-corrected chi connectivity index (χ4v) is 2.92. The van der Waals surface area contributed by atoms with E-state index in [4.69, 9.17) is 9.47 Å². The number of benzene rings is 1. The third-order valence-corrected chi connectivity index (χ3v) is 4.51. The molecule has 1 aromatic rings. The summed E-state index contributed by atoms with van der Waals surface area (Å²) >= 11 is 0. The second kappa shape index (κ2) is 11.3. The normalized spacial score (nSPS) is 18.9. The minimum Gasteiger partial charge on any atom is -0.381 e. The van der Waals surface area contributed by atoms with Gasteiger partial charge in [0.25, 0.3) is 0 Å². The summed E-state index contributed by atoms with van der Waals surface area (Å²) in [5, 5.41) is 6.29. The number of hydrogen-bond donors (Lipinski definition) is 2. The molecule has 0 bridgehead atoms. The van der Waals surface area contributed by atoms with E-state index >= 15 is 0 Å². The van der Waals surface area contributed by atoms with Crippen molar-refractivity contribution in [1.29, 1.82) is 0 Å². The highest BCUT2D eigenvalue weighted by Gasteiger charge is 2.30. The number of ether oxygens (including phenoxy) is 2. The van der Waals surface area contributed by atoms with E-state index in [9.17, 15) is 13.2 Å². The van der Waals surface area contributed by atoms with Crippen LogP contribution in [0.25, 0.3) is 0 Å². The van der Waals surface area contributed by atoms with Gasteiger partial charge in [-0.05, 0) is 44.4 Å². The Kier molecular flexibility index (Phi) is 9.05. The smallest absolute Gasteiger partial charge is 0.381 e. The summed E-state index contributed by atoms with van der Waals surface area (Å²) in [7, 11) is 0. The highest BCUT2D eigenvalue weighted by Crippen LogP contribution is 2.30. The quantitative estimate of drug-likeness (QED) is 0.376. The Bertz CT molecular complexity index is 617. The molecule has 1 heterocycles. The predicted octanol–water partition coefficient (Wildman–Crippen LogP) is 3.76. The molecule has 0 aliphatic carbocycles. The lowest BCUT2D eigenvalue weighted by Crippen LogP contribution is -2.38. The standard InChI is InChI=1S/C20H30F3N3O2/c1-3-24-19(25-9-5-10-27-13-16-8-11-28-14-16)26-15(2)17-6-4-7-18(12-17)20(21,22)23/h4,6-7,12,15-16H,3,5,8-11,13-14H2,1-2H3,(H2,24,25,26). The van der Waals surface area contributed by atoms with Crippen LogP contribution in [-0.2, 0) is 15.7 Å². The first-order valence-corrected chi connectivity index (χ1v) is 9.77. The topological polar surface area (TPSA) is 54.9 Å². The number of nitrogens with zero attached hydrogens (tertiary/aromatic N) is 1. The van der Waals surface area contributed by atoms with Gasteiger partial charge in [-0.2, -0.15) is 13.2 Å². The Morgan fingerprint density at radius 2 is 2.21 bits per heavy atom. The number of nitrogens with one attached hydrogen (secondary N) is 2. The fraction of sp³-hybridized carbons (Fsp3) is 0.650. The second-order valence-electron chi connectivity index (χ2n) is 6.91. The molecule has 0 aromatic heterocycles. The molecule has 1 aliphatic heterocycles. The van der Waals surface area contributed by atoms with E-state index in [1.54, 1.807) is 6.07 Å². The van der Waals surface area contributed by atoms with E-state index in [0.29, 0.717) is 43.7 Å². The van der Waals surface area contributed by atoms with Crippen LogP contribution in [0.1, 0.15) is 43.9 Å². The van der Waals surface area contributed by atoms with Crippen molar-refractivity contribution in [3.63, 3.8) is 0 Å². The van der Waals surface area contributed by atoms with E-state index in [-0.39, 0.29) is 6.04 Å². The van der Waals surface area contributed by atoms with Gasteiger partial charge in [0.2, 0.25) is 0 Å². The van der Waals surface area contributed by atoms with Gasteiger partial charge in [-0.25, -0.2) is 0 Å². The Balaban J connectivity index is 1.80. The SMILES string of the molecule is CCNC(=NCCCOCC1CCOC1)NC(C)c1cccc(C(F)(F)F)c1. The third-order valence-electron chi connectivity index (χ3n) is 4.51. The molecule has 1 aromatic carbocycles. The predicted molar refractivity (Wildman–Crippen MR) is 103 cm³/mol. The molecular weight excluding hydrogens is 371 g/mol. The highest BCUT2D eigenvalue weighted by atomic mass is 19.4. The number of aliphatic imine (C=N–C) groups is 1. The van der Waals surface area contributed by atoms with Gasteiger partial charge >= 0.3 is 6.18 Å². The maximum atomic E-state index is 12.9. The molecule has 0 amide bonds. The zero-order valence-corrected chi connectivity index (χ0v) is 16.5. The summed E-state index contributed by atoms with van der Waals surface area (Å²) in [6, 6.07) is 5.04. The van der Waals surface area contributed by atoms with Crippen molar-refractivity contribution in [3.8, 4) is 0 Å². The van der Waals surface area contributed by atoms with Crippen LogP contribution in [0.15, 0.2) is 29.3 Å². The summed E-state index contributed by atoms with van der Waals surface area (Å²) in [6.45, 7) is 7.94. The van der Waals surface area contributed by atoms with Gasteiger partial charge in [0.1, 0.15) is 0 Å². The summed E-state index contributed by atoms with van der Waals surface area (Å²) in [6.07, 6.45) is -2.51. The summed E-state index contributed by atoms with van der Waals surface area (Å²) in [5.41, 5.74) is -0.0899. The molecule has 8 heteroatoms. The minimum atomic E-state index is -4.35. The Morgan fingerprint density at radius 1 is 1.39 bits per heavy atom. The first-order chi connectivity index (χ1) is 13.4. The van der Waals surface area contributed by atoms with Crippen LogP contribution in [0, 0.1) is 5.92 Å². The van der Waals surface area contributed by atoms with Crippen molar-refractivity contribution >= 4 is 5.96 Å². The number of hydrogen-bond acceptors (Lipinski definition) is 3. The largest absolute Gasteiger partial charge is 0.416 e. The van der Waals surface area contributed by atoms with Crippen LogP contribution < -0.4 is 10.6 Å². The maximum Gasteiger partial charge on any atom is 0.416 e. The molecule has 158 valence electrons. The van der Waals surface area contributed by atoms with E-state index in [2.05, 4.69) is 15.6 Å². The highest BCUT2D eigenvalue weighted by molar-refractivity contribution is 5.80. The lowest BCUT2D eigenvalue weighted by atomic mass is 10.1. The molecule has 0 radical (unpaired) electrons. The van der Waals surface area contributed by atoms with Gasteiger partial charge in [-0.1, -0.05) is 12.1 Å². The number of alkyl halides is 3. The van der Waals surface area contributed by atoms with E-state index < -0.39 is 11.7 Å². The van der Waals surface area contributed by atoms with Crippen molar-refractivity contribution < 1.29 is 22.6 Å². The van der Waals surface area contributed by atoms with E-state index in [0.717, 1.165) is 32.1 Å². The van der Waals surface area contributed by atoms with Crippen molar-refractivity contribution in [2.75, 3.05) is 39.5 Å². The molecule has 5 nitrogen and oxygen atoms in total. The third kappa shape index (κ3) is 7.67. The van der Waals surface area contributed by atoms with Gasteiger partial charge in [0, 0.05) is 32.2 Å². The van der Waals surface area contributed by atoms with Crippen LogP contribution in [0.5, 0.6) is 0 Å². The summed E-state index contributed by atoms with van der Waals surface area (Å²) in [4.78, 5) is 4.49. The Morgan fingerprint density at radius 3 is 2.89 bits per heavy atom. The Hall–Kier alpha value is -1.80. The summed E-state index contributed by atoms with van der Waals surface area (Å²) in [5.74, 6) is 1.08. The lowest BCUT2D eigenvalue weighted by molar-refractivity contribution is -0.137. The van der Waals surface area contributed by atoms with E-state index in [1.807, 2.05) is 13.8 Å². The first kappa shape index (κ1) is 22.5. The van der Waals surface area contributed by atoms with Crippen molar-refractivity contribution in [2.45, 2.75) is 38.9 Å². The first-order valence-electron chi connectivity index (χ1n) is 9.77. The van der Waals surface area contributed by atoms with Crippen molar-refractivity contribution in [1.82, 2.24) is 10.6 Å². The number of rotatable bonds is 9. The molecular formula is C20H30F3N3O2. The van der Waals surface area contributed by atoms with Gasteiger partial charge < -0.3 is 20.1 Å². The fourth-order valence-electron chi connectivity index (χ4n) is 2.92. The minimum absolute atomic E-state index is 0.307. The Labute approximate surface area is 164 Å². The van der Waals surface area contributed by atoms with Crippen LogP contribution in [0.2, 0.25) is 0 Å². The van der Waals surface area contributed by atoms with Crippen LogP contribution in [-0.4, -0.2) is 45.5 Å². The van der Waals surface area contributed by atoms with Gasteiger partial charge in [0.15, 0.2) is 5.96 Å². The van der Waals surface area contributed by atoms with Crippen LogP contribution in [0.3, 0.4) is 0 Å². The molecule has 2 rings (SSSR count). The zero-order valence-electron chi connectivity index (χ0n) is 16.5. The second-order valence-corrected chi connectivity index (χ2v) is 6.91. The van der Waals surface area contributed by atoms with E-state index in [1.165, 1.54) is 12.1 Å². The molecule has 1 aliphatic rings. The monoisotopic (exact) mass is 401 g/mol. The molecule has 0 saturated carbocycles. The van der Waals surface area contributed by atoms with Gasteiger partial charge in [0.05, 0.1) is 24.8 Å². The molecule has 2 N–H and O–H groups in total. The molecule has 2 unspecified atom stereocenters. The molecule has 1 fully saturated rings. The van der Waals surface area contributed by atoms with Crippen molar-refractivity contribution in [2.24, 2.45) is 10.9 Å². The number of halogens is 3. The maximum absolute atomic E-state index is 12.9. The molecule has 28 heavy (non-hydrogen) atoms. The average molecular weight is 401 g/mol. The van der Waals surface area contributed by atoms with Crippen molar-refractivity contribution in [3.05, 3.63) is 35.4 Å². The van der Waals surface area contributed by atoms with Gasteiger partial charge in [-0.3, -0.25) is 4.99 Å². The zero-order chi connectivity index (χ0) is 20.4. The van der Waals surface area contributed by atoms with Gasteiger partial charge in [-0.15, -0.1) is 0 Å². The van der Waals surface area contributed by atoms with Crippen LogP contribution in [0.4, 0.5) is 13.2 Å². The van der Waals surface area contributed by atoms with Crippen LogP contribution >= 0.6 is 0 Å². The number of guanidine groups is 1.